The highest BCUT2D eigenvalue weighted by molar-refractivity contribution is 7.89. The molecule has 1 saturated heterocycles. The second-order valence-corrected chi connectivity index (χ2v) is 8.56. The fraction of sp³-hybridized carbons (Fsp3) is 0.300. The zero-order chi connectivity index (χ0) is 20.9. The van der Waals surface area contributed by atoms with E-state index in [0.717, 1.165) is 12.8 Å². The molecule has 0 radical (unpaired) electrons. The largest absolute Gasteiger partial charge is 0.452 e. The van der Waals surface area contributed by atoms with Crippen molar-refractivity contribution >= 4 is 27.6 Å². The minimum absolute atomic E-state index is 0.109. The van der Waals surface area contributed by atoms with E-state index >= 15 is 0 Å². The highest BCUT2D eigenvalue weighted by Crippen LogP contribution is 2.23. The quantitative estimate of drug-likeness (QED) is 0.663. The number of esters is 1. The molecule has 154 valence electrons. The zero-order valence-electron chi connectivity index (χ0n) is 15.7. The van der Waals surface area contributed by atoms with Crippen molar-refractivity contribution in [1.82, 2.24) is 4.31 Å². The maximum absolute atomic E-state index is 12.6. The predicted octanol–water partition coefficient (Wildman–Crippen LogP) is 1.76. The van der Waals surface area contributed by atoms with Crippen molar-refractivity contribution in [2.45, 2.75) is 24.3 Å². The first-order valence-electron chi connectivity index (χ1n) is 9.17. The first-order chi connectivity index (χ1) is 13.9. The summed E-state index contributed by atoms with van der Waals surface area (Å²) in [6, 6.07) is 12.2. The Hall–Kier alpha value is -2.75. The topological polar surface area (TPSA) is 113 Å². The Kier molecular flexibility index (Phi) is 6.63. The number of ether oxygens (including phenoxy) is 1. The van der Waals surface area contributed by atoms with Crippen molar-refractivity contribution in [2.75, 3.05) is 25.0 Å². The minimum Gasteiger partial charge on any atom is -0.452 e. The zero-order valence-corrected chi connectivity index (χ0v) is 16.5. The van der Waals surface area contributed by atoms with Crippen LogP contribution in [0.1, 0.15) is 28.8 Å². The molecule has 1 heterocycles. The van der Waals surface area contributed by atoms with E-state index in [0.29, 0.717) is 24.3 Å². The van der Waals surface area contributed by atoms with Gasteiger partial charge in [-0.25, -0.2) is 13.2 Å². The summed E-state index contributed by atoms with van der Waals surface area (Å²) >= 11 is 0. The fourth-order valence-corrected chi connectivity index (χ4v) is 4.53. The number of aliphatic hydroxyl groups excluding tert-OH is 1. The average Bonchev–Trinajstić information content (AvgIpc) is 3.28. The molecule has 9 heteroatoms. The molecule has 2 N–H and O–H groups in total. The summed E-state index contributed by atoms with van der Waals surface area (Å²) in [7, 11) is -3.59. The van der Waals surface area contributed by atoms with Gasteiger partial charge in [-0.05, 0) is 48.7 Å². The third-order valence-electron chi connectivity index (χ3n) is 4.53. The number of anilines is 1. The summed E-state index contributed by atoms with van der Waals surface area (Å²) in [5, 5.41) is 11.5. The van der Waals surface area contributed by atoms with Crippen molar-refractivity contribution in [2.24, 2.45) is 0 Å². The Labute approximate surface area is 169 Å². The number of hydrogen-bond acceptors (Lipinski definition) is 6. The third kappa shape index (κ3) is 5.20. The molecule has 2 aromatic rings. The van der Waals surface area contributed by atoms with Gasteiger partial charge in [0.15, 0.2) is 6.61 Å². The second-order valence-electron chi connectivity index (χ2n) is 6.62. The van der Waals surface area contributed by atoms with Crippen LogP contribution in [-0.2, 0) is 26.2 Å². The van der Waals surface area contributed by atoms with Crippen LogP contribution in [0.15, 0.2) is 53.4 Å². The number of carbonyl (C=O) groups excluding carboxylic acids is 2. The molecule has 2 aromatic carbocycles. The molecule has 1 amide bonds. The van der Waals surface area contributed by atoms with Gasteiger partial charge in [-0.3, -0.25) is 4.79 Å². The minimum atomic E-state index is -3.59. The summed E-state index contributed by atoms with van der Waals surface area (Å²) in [6.07, 6.45) is 1.67. The van der Waals surface area contributed by atoms with Gasteiger partial charge in [-0.1, -0.05) is 18.2 Å². The molecule has 1 aliphatic heterocycles. The number of hydrogen-bond donors (Lipinski definition) is 2. The summed E-state index contributed by atoms with van der Waals surface area (Å²) in [6.45, 7) is 0.344. The van der Waals surface area contributed by atoms with Gasteiger partial charge in [0.2, 0.25) is 10.0 Å². The number of rotatable bonds is 7. The van der Waals surface area contributed by atoms with Crippen LogP contribution in [0.5, 0.6) is 0 Å². The fourth-order valence-electron chi connectivity index (χ4n) is 2.97. The van der Waals surface area contributed by atoms with Crippen LogP contribution in [0, 0.1) is 0 Å². The van der Waals surface area contributed by atoms with Crippen molar-refractivity contribution in [3.63, 3.8) is 0 Å². The number of nitrogens with zero attached hydrogens (tertiary/aromatic N) is 1. The van der Waals surface area contributed by atoms with Gasteiger partial charge in [-0.15, -0.1) is 0 Å². The molecular weight excluding hydrogens is 396 g/mol. The highest BCUT2D eigenvalue weighted by Gasteiger charge is 2.27. The summed E-state index contributed by atoms with van der Waals surface area (Å²) in [5.74, 6) is -1.25. The molecule has 8 nitrogen and oxygen atoms in total. The van der Waals surface area contributed by atoms with E-state index in [1.54, 1.807) is 24.3 Å². The van der Waals surface area contributed by atoms with Crippen LogP contribution in [0.25, 0.3) is 0 Å². The number of nitrogens with one attached hydrogen (secondary N) is 1. The van der Waals surface area contributed by atoms with Gasteiger partial charge in [0, 0.05) is 18.8 Å². The second kappa shape index (κ2) is 9.17. The SMILES string of the molecule is O=C(COC(=O)c1ccc(CO)cc1)Nc1cccc(S(=O)(=O)N2CCCC2)c1. The first kappa shape index (κ1) is 21.0. The summed E-state index contributed by atoms with van der Waals surface area (Å²) < 4.78 is 31.6. The molecule has 0 aliphatic carbocycles. The Bertz CT molecular complexity index is 982. The lowest BCUT2D eigenvalue weighted by Gasteiger charge is -2.16. The Balaban J connectivity index is 1.58. The normalized spacial score (nSPS) is 14.5. The summed E-state index contributed by atoms with van der Waals surface area (Å²) in [5.41, 5.74) is 1.22. The molecule has 1 aliphatic rings. The van der Waals surface area contributed by atoms with Gasteiger partial charge in [-0.2, -0.15) is 4.31 Å². The van der Waals surface area contributed by atoms with Gasteiger partial charge < -0.3 is 15.2 Å². The molecule has 0 bridgehead atoms. The molecule has 0 spiro atoms. The van der Waals surface area contributed by atoms with E-state index in [9.17, 15) is 18.0 Å². The van der Waals surface area contributed by atoms with Crippen LogP contribution in [0.4, 0.5) is 5.69 Å². The van der Waals surface area contributed by atoms with Gasteiger partial charge in [0.1, 0.15) is 0 Å². The molecule has 0 unspecified atom stereocenters. The van der Waals surface area contributed by atoms with Crippen molar-refractivity contribution in [3.05, 3.63) is 59.7 Å². The van der Waals surface area contributed by atoms with Crippen LogP contribution < -0.4 is 5.32 Å². The van der Waals surface area contributed by atoms with Crippen molar-refractivity contribution < 1.29 is 27.9 Å². The Morgan fingerprint density at radius 1 is 1.07 bits per heavy atom. The standard InChI is InChI=1S/C20H22N2O6S/c23-13-15-6-8-16(9-7-15)20(25)28-14-19(24)21-17-4-3-5-18(12-17)29(26,27)22-10-1-2-11-22/h3-9,12,23H,1-2,10-11,13-14H2,(H,21,24). The van der Waals surface area contributed by atoms with Crippen LogP contribution >= 0.6 is 0 Å². The van der Waals surface area contributed by atoms with Crippen molar-refractivity contribution in [3.8, 4) is 0 Å². The Morgan fingerprint density at radius 2 is 1.76 bits per heavy atom. The molecule has 29 heavy (non-hydrogen) atoms. The summed E-state index contributed by atoms with van der Waals surface area (Å²) in [4.78, 5) is 24.2. The molecule has 0 atom stereocenters. The van der Waals surface area contributed by atoms with E-state index in [1.165, 1.54) is 28.6 Å². The molecule has 0 saturated carbocycles. The monoisotopic (exact) mass is 418 g/mol. The number of benzene rings is 2. The maximum Gasteiger partial charge on any atom is 0.338 e. The number of amides is 1. The van der Waals surface area contributed by atoms with E-state index in [2.05, 4.69) is 5.32 Å². The molecule has 0 aromatic heterocycles. The van der Waals surface area contributed by atoms with Crippen LogP contribution in [0.2, 0.25) is 0 Å². The molecular formula is C20H22N2O6S. The van der Waals surface area contributed by atoms with Gasteiger partial charge in [0.25, 0.3) is 5.91 Å². The van der Waals surface area contributed by atoms with E-state index < -0.39 is 28.5 Å². The van der Waals surface area contributed by atoms with Gasteiger partial charge >= 0.3 is 5.97 Å². The molecule has 1 fully saturated rings. The lowest BCUT2D eigenvalue weighted by Crippen LogP contribution is -2.28. The van der Waals surface area contributed by atoms with Crippen LogP contribution in [0.3, 0.4) is 0 Å². The smallest absolute Gasteiger partial charge is 0.338 e. The lowest BCUT2D eigenvalue weighted by molar-refractivity contribution is -0.119. The van der Waals surface area contributed by atoms with E-state index in [4.69, 9.17) is 9.84 Å². The van der Waals surface area contributed by atoms with E-state index in [1.807, 2.05) is 0 Å². The lowest BCUT2D eigenvalue weighted by atomic mass is 10.1. The Morgan fingerprint density at radius 3 is 2.41 bits per heavy atom. The maximum atomic E-state index is 12.6. The number of carbonyl (C=O) groups is 2. The van der Waals surface area contributed by atoms with Crippen molar-refractivity contribution in [1.29, 1.82) is 0 Å². The number of aliphatic hydroxyl groups is 1. The molecule has 3 rings (SSSR count). The average molecular weight is 418 g/mol. The van der Waals surface area contributed by atoms with Crippen LogP contribution in [-0.4, -0.2) is 49.4 Å². The van der Waals surface area contributed by atoms with Gasteiger partial charge in [0.05, 0.1) is 17.1 Å². The highest BCUT2D eigenvalue weighted by atomic mass is 32.2. The first-order valence-corrected chi connectivity index (χ1v) is 10.6. The number of sulfonamides is 1. The third-order valence-corrected chi connectivity index (χ3v) is 6.42. The van der Waals surface area contributed by atoms with E-state index in [-0.39, 0.29) is 17.1 Å². The predicted molar refractivity (Wildman–Crippen MR) is 106 cm³/mol.